The lowest BCUT2D eigenvalue weighted by Gasteiger charge is -2.34. The smallest absolute Gasteiger partial charge is 0.331 e. The maximum atomic E-state index is 11.1. The van der Waals surface area contributed by atoms with Crippen LogP contribution < -0.4 is 9.64 Å². The minimum absolute atomic E-state index is 0.00545. The molecule has 124 valence electrons. The number of nitrogens with zero attached hydrogens (tertiary/aromatic N) is 4. The van der Waals surface area contributed by atoms with Crippen LogP contribution in [0.25, 0.3) is 0 Å². The van der Waals surface area contributed by atoms with Gasteiger partial charge in [-0.05, 0) is 6.07 Å². The number of rotatable bonds is 6. The number of nitro groups is 1. The lowest BCUT2D eigenvalue weighted by Crippen LogP contribution is -2.47. The Morgan fingerprint density at radius 3 is 2.65 bits per heavy atom. The van der Waals surface area contributed by atoms with E-state index in [4.69, 9.17) is 4.74 Å². The summed E-state index contributed by atoms with van der Waals surface area (Å²) in [5.41, 5.74) is -0.0924. The Morgan fingerprint density at radius 2 is 2.09 bits per heavy atom. The molecule has 0 atom stereocenters. The molecule has 3 heterocycles. The van der Waals surface area contributed by atoms with Crippen molar-refractivity contribution >= 4 is 29.6 Å². The average molecular weight is 338 g/mol. The van der Waals surface area contributed by atoms with Crippen molar-refractivity contribution < 1.29 is 14.5 Å². The zero-order chi connectivity index (χ0) is 16.2. The minimum Gasteiger partial charge on any atom is -0.468 e. The predicted octanol–water partition coefficient (Wildman–Crippen LogP) is 0.805. The van der Waals surface area contributed by atoms with Crippen molar-refractivity contribution in [2.75, 3.05) is 49.1 Å². The number of carbonyl (C=O) groups excluding carboxylic acids is 1. The number of aldehydes is 1. The first-order valence-electron chi connectivity index (χ1n) is 7.48. The molecule has 2 aliphatic rings. The summed E-state index contributed by atoms with van der Waals surface area (Å²) in [6.45, 7) is 3.45. The van der Waals surface area contributed by atoms with Gasteiger partial charge >= 0.3 is 5.69 Å². The van der Waals surface area contributed by atoms with Gasteiger partial charge in [0.15, 0.2) is 0 Å². The number of thioether (sulfide) groups is 1. The van der Waals surface area contributed by atoms with Crippen molar-refractivity contribution in [2.24, 2.45) is 0 Å². The van der Waals surface area contributed by atoms with Gasteiger partial charge < -0.3 is 14.4 Å². The molecular formula is C14H18N4O4S. The Morgan fingerprint density at radius 1 is 1.35 bits per heavy atom. The van der Waals surface area contributed by atoms with E-state index in [1.54, 1.807) is 17.8 Å². The summed E-state index contributed by atoms with van der Waals surface area (Å²) in [5, 5.41) is 11.1. The van der Waals surface area contributed by atoms with Gasteiger partial charge in [-0.3, -0.25) is 15.0 Å². The molecule has 0 amide bonds. The molecule has 0 aromatic carbocycles. The minimum atomic E-state index is -0.458. The number of carbonyl (C=O) groups is 1. The van der Waals surface area contributed by atoms with E-state index in [-0.39, 0.29) is 17.7 Å². The van der Waals surface area contributed by atoms with Crippen LogP contribution in [-0.4, -0.2) is 71.4 Å². The second-order valence-electron chi connectivity index (χ2n) is 5.48. The largest absolute Gasteiger partial charge is 0.468 e. The van der Waals surface area contributed by atoms with E-state index in [2.05, 4.69) is 14.8 Å². The van der Waals surface area contributed by atoms with Crippen molar-refractivity contribution in [3.63, 3.8) is 0 Å². The summed E-state index contributed by atoms with van der Waals surface area (Å²) in [6.07, 6.45) is 0.911. The van der Waals surface area contributed by atoms with Crippen LogP contribution in [0.3, 0.4) is 0 Å². The third-order valence-electron chi connectivity index (χ3n) is 3.94. The van der Waals surface area contributed by atoms with Gasteiger partial charge in [0.25, 0.3) is 5.88 Å². The summed E-state index contributed by atoms with van der Waals surface area (Å²) >= 11 is 1.75. The fourth-order valence-corrected chi connectivity index (χ4v) is 3.09. The fourth-order valence-electron chi connectivity index (χ4n) is 2.53. The molecule has 8 nitrogen and oxygen atoms in total. The quantitative estimate of drug-likeness (QED) is 0.428. The van der Waals surface area contributed by atoms with Crippen LogP contribution in [0.2, 0.25) is 0 Å². The molecule has 2 fully saturated rings. The molecule has 1 aromatic rings. The number of ether oxygens (including phenoxy) is 1. The zero-order valence-corrected chi connectivity index (χ0v) is 13.4. The summed E-state index contributed by atoms with van der Waals surface area (Å²) in [5.74, 6) is 2.47. The van der Waals surface area contributed by atoms with Gasteiger partial charge in [-0.25, -0.2) is 0 Å². The van der Waals surface area contributed by atoms with E-state index >= 15 is 0 Å². The first-order chi connectivity index (χ1) is 11.2. The third kappa shape index (κ3) is 3.73. The Balaban J connectivity index is 1.73. The third-order valence-corrected chi connectivity index (χ3v) is 5.15. The van der Waals surface area contributed by atoms with Gasteiger partial charge in [0, 0.05) is 43.8 Å². The summed E-state index contributed by atoms with van der Waals surface area (Å²) in [4.78, 5) is 29.7. The maximum Gasteiger partial charge on any atom is 0.331 e. The molecule has 0 spiro atoms. The van der Waals surface area contributed by atoms with Gasteiger partial charge in [0.05, 0.1) is 11.5 Å². The summed E-state index contributed by atoms with van der Waals surface area (Å²) in [6, 6.07) is 3.12. The van der Waals surface area contributed by atoms with Crippen LogP contribution in [0.1, 0.15) is 0 Å². The molecule has 23 heavy (non-hydrogen) atoms. The lowest BCUT2D eigenvalue weighted by atomic mass is 10.3. The first kappa shape index (κ1) is 16.0. The molecule has 0 N–H and O–H groups in total. The molecule has 0 aliphatic carbocycles. The lowest BCUT2D eigenvalue weighted by molar-refractivity contribution is -0.386. The fraction of sp³-hybridized carbons (Fsp3) is 0.571. The zero-order valence-electron chi connectivity index (χ0n) is 12.6. The average Bonchev–Trinajstić information content (AvgIpc) is 2.51. The molecule has 0 saturated carbocycles. The van der Waals surface area contributed by atoms with Gasteiger partial charge in [-0.2, -0.15) is 16.7 Å². The van der Waals surface area contributed by atoms with Gasteiger partial charge in [0.2, 0.25) is 0 Å². The maximum absolute atomic E-state index is 11.1. The highest BCUT2D eigenvalue weighted by Gasteiger charge is 2.27. The van der Waals surface area contributed by atoms with E-state index in [1.807, 2.05) is 0 Å². The number of piperazine rings is 1. The van der Waals surface area contributed by atoms with Crippen LogP contribution >= 0.6 is 11.8 Å². The van der Waals surface area contributed by atoms with E-state index in [0.29, 0.717) is 12.4 Å². The second-order valence-corrected chi connectivity index (χ2v) is 6.56. The Labute approximate surface area is 137 Å². The second kappa shape index (κ2) is 7.14. The molecule has 2 saturated heterocycles. The first-order valence-corrected chi connectivity index (χ1v) is 8.63. The molecule has 1 aromatic heterocycles. The molecule has 0 unspecified atom stereocenters. The van der Waals surface area contributed by atoms with E-state index < -0.39 is 4.92 Å². The van der Waals surface area contributed by atoms with Gasteiger partial charge in [-0.15, -0.1) is 0 Å². The number of pyridine rings is 1. The van der Waals surface area contributed by atoms with Crippen molar-refractivity contribution in [2.45, 2.75) is 6.10 Å². The van der Waals surface area contributed by atoms with Crippen LogP contribution in [-0.2, 0) is 4.79 Å². The van der Waals surface area contributed by atoms with Crippen molar-refractivity contribution in [1.82, 2.24) is 9.88 Å². The Hall–Kier alpha value is -1.87. The van der Waals surface area contributed by atoms with Crippen LogP contribution in [0.15, 0.2) is 12.1 Å². The molecule has 9 heteroatoms. The molecule has 3 rings (SSSR count). The van der Waals surface area contributed by atoms with E-state index in [1.165, 1.54) is 6.07 Å². The summed E-state index contributed by atoms with van der Waals surface area (Å²) in [7, 11) is 0. The number of anilines is 1. The standard InChI is InChI=1S/C14H18N4O4S/c19-8-7-16-3-5-17(6-4-16)13-2-1-12(18(20)21)14(15-13)22-11-9-23-10-11/h1-2,8,11H,3-7,9-10H2. The van der Waals surface area contributed by atoms with Crippen LogP contribution in [0.5, 0.6) is 5.88 Å². The molecule has 0 radical (unpaired) electrons. The highest BCUT2D eigenvalue weighted by Crippen LogP contribution is 2.31. The van der Waals surface area contributed by atoms with Crippen molar-refractivity contribution in [3.8, 4) is 5.88 Å². The van der Waals surface area contributed by atoms with E-state index in [0.717, 1.165) is 44.0 Å². The molecular weight excluding hydrogens is 320 g/mol. The topological polar surface area (TPSA) is 88.8 Å². The van der Waals surface area contributed by atoms with Crippen LogP contribution in [0, 0.1) is 10.1 Å². The van der Waals surface area contributed by atoms with Gasteiger partial charge in [-0.1, -0.05) is 0 Å². The number of hydrogen-bond acceptors (Lipinski definition) is 8. The summed E-state index contributed by atoms with van der Waals surface area (Å²) < 4.78 is 5.68. The monoisotopic (exact) mass is 338 g/mol. The Kier molecular flexibility index (Phi) is 4.97. The van der Waals surface area contributed by atoms with Crippen molar-refractivity contribution in [3.05, 3.63) is 22.2 Å². The predicted molar refractivity (Wildman–Crippen MR) is 87.3 cm³/mol. The van der Waals surface area contributed by atoms with Gasteiger partial charge in [0.1, 0.15) is 18.2 Å². The SMILES string of the molecule is O=CCN1CCN(c2ccc([N+](=O)[O-])c(OC3CSC3)n2)CC1. The normalized spacial score (nSPS) is 19.2. The number of aromatic nitrogens is 1. The van der Waals surface area contributed by atoms with E-state index in [9.17, 15) is 14.9 Å². The Bertz CT molecular complexity index is 588. The molecule has 0 bridgehead atoms. The highest BCUT2D eigenvalue weighted by molar-refractivity contribution is 8.00. The number of hydrogen-bond donors (Lipinski definition) is 0. The van der Waals surface area contributed by atoms with Crippen LogP contribution in [0.4, 0.5) is 11.5 Å². The molecule has 2 aliphatic heterocycles. The highest BCUT2D eigenvalue weighted by atomic mass is 32.2. The van der Waals surface area contributed by atoms with Crippen molar-refractivity contribution in [1.29, 1.82) is 0 Å².